The van der Waals surface area contributed by atoms with Gasteiger partial charge in [0.2, 0.25) is 0 Å². The third kappa shape index (κ3) is 2.86. The third-order valence-electron chi connectivity index (χ3n) is 5.37. The molecule has 1 fully saturated rings. The van der Waals surface area contributed by atoms with Crippen LogP contribution in [0.4, 0.5) is 5.69 Å². The molecular weight excluding hydrogens is 282 g/mol. The van der Waals surface area contributed by atoms with Crippen molar-refractivity contribution in [3.63, 3.8) is 0 Å². The van der Waals surface area contributed by atoms with E-state index < -0.39 is 0 Å². The molecule has 0 saturated carbocycles. The lowest BCUT2D eigenvalue weighted by Crippen LogP contribution is -2.36. The van der Waals surface area contributed by atoms with Crippen LogP contribution in [-0.2, 0) is 6.42 Å². The molecule has 0 spiro atoms. The standard InChI is InChI=1S/C20H25N3/c1-15-4-5-20-17(13-15)18-14-22-9-2-3-19(18)23(20)12-8-16-6-10-21-11-7-16/h4-7,10-11,13,18-19,22H,2-3,8-9,12,14H2,1H3/t18-,19-/m0/s1. The van der Waals surface area contributed by atoms with Gasteiger partial charge in [0.15, 0.2) is 0 Å². The Kier molecular flexibility index (Phi) is 4.04. The second-order valence-corrected chi connectivity index (χ2v) is 6.88. The van der Waals surface area contributed by atoms with E-state index in [1.807, 2.05) is 12.4 Å². The van der Waals surface area contributed by atoms with E-state index in [2.05, 4.69) is 52.5 Å². The van der Waals surface area contributed by atoms with Gasteiger partial charge >= 0.3 is 0 Å². The monoisotopic (exact) mass is 307 g/mol. The first-order valence-corrected chi connectivity index (χ1v) is 8.80. The predicted octanol–water partition coefficient (Wildman–Crippen LogP) is 3.29. The molecule has 23 heavy (non-hydrogen) atoms. The van der Waals surface area contributed by atoms with Crippen LogP contribution in [-0.4, -0.2) is 30.7 Å². The van der Waals surface area contributed by atoms with Gasteiger partial charge in [-0.1, -0.05) is 17.7 Å². The number of benzene rings is 1. The zero-order chi connectivity index (χ0) is 15.6. The van der Waals surface area contributed by atoms with E-state index in [1.54, 1.807) is 5.56 Å². The van der Waals surface area contributed by atoms with E-state index in [-0.39, 0.29) is 0 Å². The fraction of sp³-hybridized carbons (Fsp3) is 0.450. The minimum Gasteiger partial charge on any atom is -0.367 e. The number of nitrogens with one attached hydrogen (secondary N) is 1. The van der Waals surface area contributed by atoms with E-state index >= 15 is 0 Å². The molecule has 0 bridgehead atoms. The molecule has 3 heteroatoms. The number of hydrogen-bond donors (Lipinski definition) is 1. The number of pyridine rings is 1. The van der Waals surface area contributed by atoms with Gasteiger partial charge < -0.3 is 10.2 Å². The van der Waals surface area contributed by atoms with Crippen molar-refractivity contribution in [1.82, 2.24) is 10.3 Å². The van der Waals surface area contributed by atoms with E-state index in [4.69, 9.17) is 0 Å². The topological polar surface area (TPSA) is 28.2 Å². The van der Waals surface area contributed by atoms with Crippen molar-refractivity contribution in [3.05, 3.63) is 59.4 Å². The molecule has 1 aromatic heterocycles. The number of aromatic nitrogens is 1. The summed E-state index contributed by atoms with van der Waals surface area (Å²) in [6, 6.07) is 11.9. The molecular formula is C20H25N3. The van der Waals surface area contributed by atoms with Crippen molar-refractivity contribution in [2.24, 2.45) is 0 Å². The predicted molar refractivity (Wildman–Crippen MR) is 95.1 cm³/mol. The fourth-order valence-corrected chi connectivity index (χ4v) is 4.22. The lowest BCUT2D eigenvalue weighted by atomic mass is 9.92. The molecule has 1 saturated heterocycles. The van der Waals surface area contributed by atoms with Crippen molar-refractivity contribution < 1.29 is 0 Å². The maximum Gasteiger partial charge on any atom is 0.0405 e. The maximum atomic E-state index is 4.13. The fourth-order valence-electron chi connectivity index (χ4n) is 4.22. The normalized spacial score (nSPS) is 23.3. The Morgan fingerprint density at radius 2 is 2.09 bits per heavy atom. The average Bonchev–Trinajstić information content (AvgIpc) is 2.73. The molecule has 2 atom stereocenters. The van der Waals surface area contributed by atoms with E-state index in [9.17, 15) is 0 Å². The number of hydrogen-bond acceptors (Lipinski definition) is 3. The lowest BCUT2D eigenvalue weighted by molar-refractivity contribution is 0.512. The van der Waals surface area contributed by atoms with E-state index in [1.165, 1.54) is 29.7 Å². The highest BCUT2D eigenvalue weighted by Gasteiger charge is 2.38. The molecule has 2 aromatic rings. The second-order valence-electron chi connectivity index (χ2n) is 6.88. The van der Waals surface area contributed by atoms with Gasteiger partial charge in [0.1, 0.15) is 0 Å². The minimum absolute atomic E-state index is 0.643. The lowest BCUT2D eigenvalue weighted by Gasteiger charge is -2.29. The van der Waals surface area contributed by atoms with Crippen LogP contribution in [0.25, 0.3) is 0 Å². The first-order chi connectivity index (χ1) is 11.3. The summed E-state index contributed by atoms with van der Waals surface area (Å²) in [5.74, 6) is 0.643. The Hall–Kier alpha value is -1.87. The SMILES string of the molecule is Cc1ccc2c(c1)[C@@H]1CNCCC[C@@H]1N2CCc1ccncc1. The molecule has 4 rings (SSSR count). The van der Waals surface area contributed by atoms with Crippen LogP contribution in [0.2, 0.25) is 0 Å². The van der Waals surface area contributed by atoms with Gasteiger partial charge in [-0.25, -0.2) is 0 Å². The number of rotatable bonds is 3. The molecule has 120 valence electrons. The van der Waals surface area contributed by atoms with Gasteiger partial charge in [-0.2, -0.15) is 0 Å². The van der Waals surface area contributed by atoms with Gasteiger partial charge in [0, 0.05) is 43.1 Å². The van der Waals surface area contributed by atoms with E-state index in [0.29, 0.717) is 12.0 Å². The Morgan fingerprint density at radius 3 is 2.96 bits per heavy atom. The van der Waals surface area contributed by atoms with Crippen molar-refractivity contribution in [2.45, 2.75) is 38.1 Å². The van der Waals surface area contributed by atoms with Crippen LogP contribution < -0.4 is 10.2 Å². The molecule has 0 aliphatic carbocycles. The Balaban J connectivity index is 1.62. The number of fused-ring (bicyclic) bond motifs is 3. The molecule has 0 amide bonds. The second kappa shape index (κ2) is 6.32. The van der Waals surface area contributed by atoms with Crippen LogP contribution in [0.1, 0.15) is 35.4 Å². The molecule has 1 aromatic carbocycles. The molecule has 2 aliphatic rings. The highest BCUT2D eigenvalue weighted by Crippen LogP contribution is 2.43. The van der Waals surface area contributed by atoms with Crippen molar-refractivity contribution in [2.75, 3.05) is 24.5 Å². The van der Waals surface area contributed by atoms with Crippen molar-refractivity contribution in [1.29, 1.82) is 0 Å². The first-order valence-electron chi connectivity index (χ1n) is 8.80. The van der Waals surface area contributed by atoms with Gasteiger partial charge in [-0.3, -0.25) is 4.98 Å². The minimum atomic E-state index is 0.643. The summed E-state index contributed by atoms with van der Waals surface area (Å²) in [5.41, 5.74) is 5.77. The van der Waals surface area contributed by atoms with Crippen LogP contribution in [0.3, 0.4) is 0 Å². The van der Waals surface area contributed by atoms with E-state index in [0.717, 1.165) is 26.1 Å². The smallest absolute Gasteiger partial charge is 0.0405 e. The maximum absolute atomic E-state index is 4.13. The summed E-state index contributed by atoms with van der Waals surface area (Å²) in [7, 11) is 0. The zero-order valence-electron chi connectivity index (χ0n) is 13.8. The van der Waals surface area contributed by atoms with Gasteiger partial charge in [-0.15, -0.1) is 0 Å². The molecule has 0 unspecified atom stereocenters. The van der Waals surface area contributed by atoms with Crippen LogP contribution in [0.5, 0.6) is 0 Å². The summed E-state index contributed by atoms with van der Waals surface area (Å²) < 4.78 is 0. The first kappa shape index (κ1) is 14.7. The zero-order valence-corrected chi connectivity index (χ0v) is 13.8. The summed E-state index contributed by atoms with van der Waals surface area (Å²) in [6.45, 7) is 5.58. The van der Waals surface area contributed by atoms with Gasteiger partial charge in [-0.05, 0) is 62.1 Å². The van der Waals surface area contributed by atoms with Crippen LogP contribution in [0, 0.1) is 6.92 Å². The Labute approximate surface area is 138 Å². The molecule has 3 heterocycles. The average molecular weight is 307 g/mol. The third-order valence-corrected chi connectivity index (χ3v) is 5.37. The number of nitrogens with zero attached hydrogens (tertiary/aromatic N) is 2. The number of anilines is 1. The molecule has 3 nitrogen and oxygen atoms in total. The molecule has 1 N–H and O–H groups in total. The molecule has 0 radical (unpaired) electrons. The van der Waals surface area contributed by atoms with Crippen molar-refractivity contribution in [3.8, 4) is 0 Å². The highest BCUT2D eigenvalue weighted by molar-refractivity contribution is 5.63. The summed E-state index contributed by atoms with van der Waals surface area (Å²) in [6.07, 6.45) is 7.46. The summed E-state index contributed by atoms with van der Waals surface area (Å²) in [5, 5.41) is 3.64. The summed E-state index contributed by atoms with van der Waals surface area (Å²) >= 11 is 0. The van der Waals surface area contributed by atoms with Crippen LogP contribution in [0.15, 0.2) is 42.7 Å². The largest absolute Gasteiger partial charge is 0.367 e. The highest BCUT2D eigenvalue weighted by atomic mass is 15.2. The number of aryl methyl sites for hydroxylation is 1. The quantitative estimate of drug-likeness (QED) is 0.943. The summed E-state index contributed by atoms with van der Waals surface area (Å²) in [4.78, 5) is 6.80. The van der Waals surface area contributed by atoms with Crippen LogP contribution >= 0.6 is 0 Å². The Bertz CT molecular complexity index is 668. The van der Waals surface area contributed by atoms with Gasteiger partial charge in [0.05, 0.1) is 0 Å². The van der Waals surface area contributed by atoms with Gasteiger partial charge in [0.25, 0.3) is 0 Å². The van der Waals surface area contributed by atoms with Crippen molar-refractivity contribution >= 4 is 5.69 Å². The Morgan fingerprint density at radius 1 is 1.22 bits per heavy atom. The molecule has 2 aliphatic heterocycles.